The predicted molar refractivity (Wildman–Crippen MR) is 43.1 cm³/mol. The van der Waals surface area contributed by atoms with Gasteiger partial charge < -0.3 is 5.11 Å². The topological polar surface area (TPSA) is 54.4 Å². The summed E-state index contributed by atoms with van der Waals surface area (Å²) in [7, 11) is 0. The van der Waals surface area contributed by atoms with E-state index < -0.39 is 11.8 Å². The van der Waals surface area contributed by atoms with Crippen molar-refractivity contribution in [1.29, 1.82) is 0 Å². The molecule has 0 radical (unpaired) electrons. The van der Waals surface area contributed by atoms with Crippen LogP contribution in [0.1, 0.15) is 15.9 Å². The van der Waals surface area contributed by atoms with E-state index in [0.29, 0.717) is 6.29 Å². The van der Waals surface area contributed by atoms with Gasteiger partial charge in [-0.25, -0.2) is 4.39 Å². The van der Waals surface area contributed by atoms with Gasteiger partial charge in [0.1, 0.15) is 12.1 Å². The van der Waals surface area contributed by atoms with Crippen LogP contribution in [0.25, 0.3) is 0 Å². The average molecular weight is 182 g/mol. The van der Waals surface area contributed by atoms with E-state index in [9.17, 15) is 14.0 Å². The van der Waals surface area contributed by atoms with E-state index in [0.717, 1.165) is 12.1 Å². The Labute approximate surface area is 73.8 Å². The molecule has 1 aromatic rings. The molecule has 0 aliphatic carbocycles. The van der Waals surface area contributed by atoms with Crippen LogP contribution in [0.15, 0.2) is 18.2 Å². The summed E-state index contributed by atoms with van der Waals surface area (Å²) in [5.74, 6) is -1.65. The lowest BCUT2D eigenvalue weighted by molar-refractivity contribution is -0.136. The van der Waals surface area contributed by atoms with Crippen LogP contribution < -0.4 is 0 Å². The van der Waals surface area contributed by atoms with E-state index in [-0.39, 0.29) is 17.5 Å². The summed E-state index contributed by atoms with van der Waals surface area (Å²) in [4.78, 5) is 20.6. The van der Waals surface area contributed by atoms with Gasteiger partial charge in [0.15, 0.2) is 0 Å². The van der Waals surface area contributed by atoms with Crippen molar-refractivity contribution in [2.24, 2.45) is 0 Å². The van der Waals surface area contributed by atoms with Crippen LogP contribution in [0, 0.1) is 5.82 Å². The van der Waals surface area contributed by atoms with E-state index >= 15 is 0 Å². The molecule has 0 saturated carbocycles. The number of rotatable bonds is 3. The second-order valence-electron chi connectivity index (χ2n) is 2.58. The number of aliphatic carboxylic acids is 1. The van der Waals surface area contributed by atoms with Gasteiger partial charge in [0.05, 0.1) is 6.42 Å². The van der Waals surface area contributed by atoms with E-state index in [1.807, 2.05) is 0 Å². The molecule has 3 nitrogen and oxygen atoms in total. The van der Waals surface area contributed by atoms with Crippen molar-refractivity contribution in [1.82, 2.24) is 0 Å². The van der Waals surface area contributed by atoms with Gasteiger partial charge in [0.25, 0.3) is 0 Å². The molecule has 0 aliphatic heterocycles. The van der Waals surface area contributed by atoms with Crippen LogP contribution in [0.3, 0.4) is 0 Å². The van der Waals surface area contributed by atoms with Gasteiger partial charge in [-0.3, -0.25) is 9.59 Å². The molecule has 0 unspecified atom stereocenters. The van der Waals surface area contributed by atoms with Gasteiger partial charge in [-0.2, -0.15) is 0 Å². The Morgan fingerprint density at radius 2 is 2.15 bits per heavy atom. The number of carboxylic acids is 1. The van der Waals surface area contributed by atoms with Crippen molar-refractivity contribution in [3.8, 4) is 0 Å². The molecule has 0 heterocycles. The molecule has 0 amide bonds. The fourth-order valence-electron chi connectivity index (χ4n) is 1.02. The number of carbonyl (C=O) groups is 2. The molecule has 0 saturated heterocycles. The standard InChI is InChI=1S/C9H7FO3/c10-8-2-6(4-9(12)13)1-7(3-8)5-11/h1-3,5H,4H2,(H,12,13). The van der Waals surface area contributed by atoms with Crippen LogP contribution >= 0.6 is 0 Å². The smallest absolute Gasteiger partial charge is 0.307 e. The first-order valence-electron chi connectivity index (χ1n) is 3.58. The maximum atomic E-state index is 12.7. The SMILES string of the molecule is O=Cc1cc(F)cc(CC(=O)O)c1. The van der Waals surface area contributed by atoms with Crippen LogP contribution in [-0.4, -0.2) is 17.4 Å². The minimum absolute atomic E-state index is 0.149. The Kier molecular flexibility index (Phi) is 2.74. The highest BCUT2D eigenvalue weighted by Gasteiger charge is 2.03. The third-order valence-corrected chi connectivity index (χ3v) is 1.47. The van der Waals surface area contributed by atoms with Gasteiger partial charge >= 0.3 is 5.97 Å². The molecule has 0 aliphatic rings. The van der Waals surface area contributed by atoms with E-state index in [4.69, 9.17) is 5.11 Å². The van der Waals surface area contributed by atoms with Gasteiger partial charge in [-0.15, -0.1) is 0 Å². The van der Waals surface area contributed by atoms with Crippen molar-refractivity contribution in [3.05, 3.63) is 35.1 Å². The lowest BCUT2D eigenvalue weighted by Crippen LogP contribution is -2.01. The lowest BCUT2D eigenvalue weighted by atomic mass is 10.1. The first kappa shape index (κ1) is 9.38. The predicted octanol–water partition coefficient (Wildman–Crippen LogP) is 1.27. The van der Waals surface area contributed by atoms with Crippen LogP contribution in [0.4, 0.5) is 4.39 Å². The summed E-state index contributed by atoms with van der Waals surface area (Å²) in [6, 6.07) is 3.50. The molecule has 1 rings (SSSR count). The van der Waals surface area contributed by atoms with Crippen molar-refractivity contribution in [3.63, 3.8) is 0 Å². The Balaban J connectivity index is 3.01. The fraction of sp³-hybridized carbons (Fsp3) is 0.111. The monoisotopic (exact) mass is 182 g/mol. The average Bonchev–Trinajstić information content (AvgIpc) is 2.01. The van der Waals surface area contributed by atoms with Crippen molar-refractivity contribution >= 4 is 12.3 Å². The number of hydrogen-bond acceptors (Lipinski definition) is 2. The summed E-state index contributed by atoms with van der Waals surface area (Å²) in [5, 5.41) is 8.41. The Morgan fingerprint density at radius 3 is 2.69 bits per heavy atom. The zero-order valence-corrected chi connectivity index (χ0v) is 6.66. The number of carbonyl (C=O) groups excluding carboxylic acids is 1. The summed E-state index contributed by atoms with van der Waals surface area (Å²) in [5.41, 5.74) is 0.436. The highest BCUT2D eigenvalue weighted by Crippen LogP contribution is 2.08. The molecule has 0 atom stereocenters. The molecular weight excluding hydrogens is 175 g/mol. The molecule has 1 N–H and O–H groups in total. The Hall–Kier alpha value is -1.71. The molecule has 0 bridgehead atoms. The summed E-state index contributed by atoms with van der Waals surface area (Å²) >= 11 is 0. The quantitative estimate of drug-likeness (QED) is 0.716. The number of benzene rings is 1. The first-order valence-corrected chi connectivity index (χ1v) is 3.58. The van der Waals surface area contributed by atoms with Gasteiger partial charge in [0.2, 0.25) is 0 Å². The Bertz CT molecular complexity index is 347. The normalized spacial score (nSPS) is 9.62. The van der Waals surface area contributed by atoms with Crippen molar-refractivity contribution in [2.45, 2.75) is 6.42 Å². The third-order valence-electron chi connectivity index (χ3n) is 1.47. The molecule has 0 aromatic heterocycles. The minimum atomic E-state index is -1.05. The molecule has 13 heavy (non-hydrogen) atoms. The zero-order valence-electron chi connectivity index (χ0n) is 6.66. The summed E-state index contributed by atoms with van der Waals surface area (Å²) < 4.78 is 12.7. The third kappa shape index (κ3) is 2.66. The largest absolute Gasteiger partial charge is 0.481 e. The minimum Gasteiger partial charge on any atom is -0.481 e. The highest BCUT2D eigenvalue weighted by atomic mass is 19.1. The van der Waals surface area contributed by atoms with Crippen molar-refractivity contribution < 1.29 is 19.1 Å². The van der Waals surface area contributed by atoms with E-state index in [1.165, 1.54) is 6.07 Å². The summed E-state index contributed by atoms with van der Waals surface area (Å²) in [6.45, 7) is 0. The second kappa shape index (κ2) is 3.80. The second-order valence-corrected chi connectivity index (χ2v) is 2.58. The summed E-state index contributed by atoms with van der Waals surface area (Å²) in [6.07, 6.45) is 0.201. The maximum Gasteiger partial charge on any atom is 0.307 e. The van der Waals surface area contributed by atoms with Crippen LogP contribution in [-0.2, 0) is 11.2 Å². The van der Waals surface area contributed by atoms with Crippen LogP contribution in [0.2, 0.25) is 0 Å². The van der Waals surface area contributed by atoms with Gasteiger partial charge in [-0.1, -0.05) is 0 Å². The maximum absolute atomic E-state index is 12.7. The van der Waals surface area contributed by atoms with E-state index in [2.05, 4.69) is 0 Å². The molecule has 0 spiro atoms. The first-order chi connectivity index (χ1) is 6.11. The molecule has 68 valence electrons. The highest BCUT2D eigenvalue weighted by molar-refractivity contribution is 5.76. The molecular formula is C9H7FO3. The number of aldehydes is 1. The van der Waals surface area contributed by atoms with Gasteiger partial charge in [0, 0.05) is 5.56 Å². The number of hydrogen-bond donors (Lipinski definition) is 1. The zero-order chi connectivity index (χ0) is 9.84. The molecule has 1 aromatic carbocycles. The molecule has 4 heteroatoms. The number of halogens is 1. The van der Waals surface area contributed by atoms with Gasteiger partial charge in [-0.05, 0) is 23.8 Å². The molecule has 0 fully saturated rings. The lowest BCUT2D eigenvalue weighted by Gasteiger charge is -1.98. The Morgan fingerprint density at radius 1 is 1.46 bits per heavy atom. The van der Waals surface area contributed by atoms with Crippen LogP contribution in [0.5, 0.6) is 0 Å². The number of carboxylic acid groups (broad SMARTS) is 1. The van der Waals surface area contributed by atoms with Crippen molar-refractivity contribution in [2.75, 3.05) is 0 Å². The fourth-order valence-corrected chi connectivity index (χ4v) is 1.02. The van der Waals surface area contributed by atoms with E-state index in [1.54, 1.807) is 0 Å².